The number of nitrogens with zero attached hydrogens (tertiary/aromatic N) is 3. The van der Waals surface area contributed by atoms with Gasteiger partial charge in [-0.25, -0.2) is 9.67 Å². The molecule has 0 bridgehead atoms. The van der Waals surface area contributed by atoms with Crippen molar-refractivity contribution < 1.29 is 9.59 Å². The van der Waals surface area contributed by atoms with Crippen LogP contribution in [-0.4, -0.2) is 26.6 Å². The molecule has 1 aliphatic carbocycles. The number of rotatable bonds is 7. The van der Waals surface area contributed by atoms with Gasteiger partial charge in [-0.15, -0.1) is 11.3 Å². The molecule has 3 aromatic rings. The van der Waals surface area contributed by atoms with Gasteiger partial charge in [-0.2, -0.15) is 5.10 Å². The van der Waals surface area contributed by atoms with E-state index in [1.807, 2.05) is 16.8 Å². The number of nitrogens with one attached hydrogen (secondary N) is 2. The summed E-state index contributed by atoms with van der Waals surface area (Å²) in [5.74, 6) is 0.974. The Morgan fingerprint density at radius 1 is 1.21 bits per heavy atom. The average Bonchev–Trinajstić information content (AvgIpc) is 3.31. The third kappa shape index (κ3) is 4.28. The lowest BCUT2D eigenvalue weighted by Crippen LogP contribution is -2.20. The van der Waals surface area contributed by atoms with Crippen molar-refractivity contribution in [3.63, 3.8) is 0 Å². The van der Waals surface area contributed by atoms with Gasteiger partial charge in [0.25, 0.3) is 5.91 Å². The first-order valence-corrected chi connectivity index (χ1v) is 10.1. The molecule has 2 heterocycles. The molecule has 28 heavy (non-hydrogen) atoms. The number of amides is 2. The molecule has 1 atom stereocenters. The van der Waals surface area contributed by atoms with E-state index in [0.717, 1.165) is 0 Å². The number of hydrogen-bond donors (Lipinski definition) is 2. The number of carbonyl (C=O) groups is 2. The highest BCUT2D eigenvalue weighted by Gasteiger charge is 2.30. The molecule has 1 aromatic carbocycles. The second-order valence-electron chi connectivity index (χ2n) is 6.93. The monoisotopic (exact) mass is 395 g/mol. The second kappa shape index (κ2) is 7.93. The summed E-state index contributed by atoms with van der Waals surface area (Å²) in [6.07, 6.45) is 4.27. The zero-order chi connectivity index (χ0) is 19.5. The lowest BCUT2D eigenvalue weighted by molar-refractivity contribution is -0.115. The lowest BCUT2D eigenvalue weighted by Gasteiger charge is -2.15. The average molecular weight is 395 g/mol. The summed E-state index contributed by atoms with van der Waals surface area (Å²) in [5, 5.41) is 12.3. The lowest BCUT2D eigenvalue weighted by atomic mass is 10.2. The standard InChI is InChI=1S/C20H21N5O2S/c1-13(14-7-8-14)25-17(9-10-21-25)23-18(26)11-16-12-28-20(22-16)24-19(27)15-5-3-2-4-6-15/h2-6,9-10,12-14H,7-8,11H2,1H3,(H,23,26)(H,22,24,27). The number of thiazole rings is 1. The quantitative estimate of drug-likeness (QED) is 0.638. The fraction of sp³-hybridized carbons (Fsp3) is 0.300. The molecule has 0 radical (unpaired) electrons. The van der Waals surface area contributed by atoms with Crippen molar-refractivity contribution in [2.45, 2.75) is 32.2 Å². The topological polar surface area (TPSA) is 88.9 Å². The first-order chi connectivity index (χ1) is 13.6. The van der Waals surface area contributed by atoms with Crippen molar-refractivity contribution in [3.8, 4) is 0 Å². The van der Waals surface area contributed by atoms with E-state index in [9.17, 15) is 9.59 Å². The summed E-state index contributed by atoms with van der Waals surface area (Å²) >= 11 is 1.30. The van der Waals surface area contributed by atoms with Gasteiger partial charge in [0.1, 0.15) is 5.82 Å². The van der Waals surface area contributed by atoms with Crippen LogP contribution in [0.2, 0.25) is 0 Å². The molecule has 1 unspecified atom stereocenters. The van der Waals surface area contributed by atoms with Gasteiger partial charge in [-0.1, -0.05) is 18.2 Å². The normalized spacial score (nSPS) is 14.5. The largest absolute Gasteiger partial charge is 0.311 e. The Labute approximate surface area is 166 Å². The van der Waals surface area contributed by atoms with Crippen LogP contribution >= 0.6 is 11.3 Å². The van der Waals surface area contributed by atoms with Gasteiger partial charge in [-0.05, 0) is 37.8 Å². The SMILES string of the molecule is CC(C1CC1)n1nccc1NC(=O)Cc1csc(NC(=O)c2ccccc2)n1. The maximum atomic E-state index is 12.4. The number of hydrogen-bond acceptors (Lipinski definition) is 5. The number of aromatic nitrogens is 3. The third-order valence-electron chi connectivity index (χ3n) is 4.78. The van der Waals surface area contributed by atoms with Crippen LogP contribution in [0.1, 0.15) is 41.9 Å². The Hall–Kier alpha value is -3.00. The van der Waals surface area contributed by atoms with Crippen LogP contribution in [0.25, 0.3) is 0 Å². The number of anilines is 2. The predicted octanol–water partition coefficient (Wildman–Crippen LogP) is 3.74. The number of benzene rings is 1. The molecular formula is C20H21N5O2S. The Kier molecular flexibility index (Phi) is 5.21. The van der Waals surface area contributed by atoms with Crippen molar-refractivity contribution in [2.24, 2.45) is 5.92 Å². The fourth-order valence-corrected chi connectivity index (χ4v) is 3.78. The smallest absolute Gasteiger partial charge is 0.257 e. The van der Waals surface area contributed by atoms with E-state index in [1.165, 1.54) is 24.2 Å². The van der Waals surface area contributed by atoms with Crippen LogP contribution in [-0.2, 0) is 11.2 Å². The maximum absolute atomic E-state index is 12.4. The van der Waals surface area contributed by atoms with Crippen molar-refractivity contribution in [1.29, 1.82) is 0 Å². The summed E-state index contributed by atoms with van der Waals surface area (Å²) in [4.78, 5) is 28.9. The van der Waals surface area contributed by atoms with Crippen LogP contribution < -0.4 is 10.6 Å². The molecule has 0 aliphatic heterocycles. The molecule has 8 heteroatoms. The van der Waals surface area contributed by atoms with Gasteiger partial charge in [0, 0.05) is 17.0 Å². The maximum Gasteiger partial charge on any atom is 0.257 e. The Morgan fingerprint density at radius 2 is 2.00 bits per heavy atom. The van der Waals surface area contributed by atoms with Crippen molar-refractivity contribution in [3.05, 3.63) is 59.2 Å². The van der Waals surface area contributed by atoms with Gasteiger partial charge >= 0.3 is 0 Å². The first kappa shape index (κ1) is 18.4. The zero-order valence-electron chi connectivity index (χ0n) is 15.5. The Bertz CT molecular complexity index is 977. The highest BCUT2D eigenvalue weighted by molar-refractivity contribution is 7.14. The van der Waals surface area contributed by atoms with Gasteiger partial charge in [0.15, 0.2) is 5.13 Å². The minimum Gasteiger partial charge on any atom is -0.311 e. The van der Waals surface area contributed by atoms with Crippen LogP contribution in [0.15, 0.2) is 48.0 Å². The van der Waals surface area contributed by atoms with Crippen LogP contribution in [0.5, 0.6) is 0 Å². The fourth-order valence-electron chi connectivity index (χ4n) is 3.07. The highest BCUT2D eigenvalue weighted by Crippen LogP contribution is 2.40. The van der Waals surface area contributed by atoms with E-state index < -0.39 is 0 Å². The molecule has 0 spiro atoms. The van der Waals surface area contributed by atoms with E-state index in [1.54, 1.807) is 35.8 Å². The van der Waals surface area contributed by atoms with Crippen LogP contribution in [0, 0.1) is 5.92 Å². The van der Waals surface area contributed by atoms with Gasteiger partial charge in [0.2, 0.25) is 5.91 Å². The predicted molar refractivity (Wildman–Crippen MR) is 109 cm³/mol. The highest BCUT2D eigenvalue weighted by atomic mass is 32.1. The second-order valence-corrected chi connectivity index (χ2v) is 7.79. The molecule has 2 amide bonds. The Morgan fingerprint density at radius 3 is 2.75 bits per heavy atom. The molecule has 1 aliphatic rings. The van der Waals surface area contributed by atoms with Crippen molar-refractivity contribution in [2.75, 3.05) is 10.6 Å². The zero-order valence-corrected chi connectivity index (χ0v) is 16.3. The van der Waals surface area contributed by atoms with E-state index in [4.69, 9.17) is 0 Å². The van der Waals surface area contributed by atoms with Crippen molar-refractivity contribution >= 4 is 34.1 Å². The molecule has 2 aromatic heterocycles. The Balaban J connectivity index is 1.34. The van der Waals surface area contributed by atoms with Gasteiger partial charge < -0.3 is 5.32 Å². The summed E-state index contributed by atoms with van der Waals surface area (Å²) in [5.41, 5.74) is 1.18. The molecular weight excluding hydrogens is 374 g/mol. The van der Waals surface area contributed by atoms with Crippen LogP contribution in [0.4, 0.5) is 10.9 Å². The van der Waals surface area contributed by atoms with E-state index in [-0.39, 0.29) is 24.3 Å². The third-order valence-corrected chi connectivity index (χ3v) is 5.58. The summed E-state index contributed by atoms with van der Waals surface area (Å²) in [7, 11) is 0. The molecule has 2 N–H and O–H groups in total. The first-order valence-electron chi connectivity index (χ1n) is 9.24. The minimum absolute atomic E-state index is 0.140. The number of carbonyl (C=O) groups excluding carboxylic acids is 2. The summed E-state index contributed by atoms with van der Waals surface area (Å²) in [6.45, 7) is 2.13. The molecule has 144 valence electrons. The summed E-state index contributed by atoms with van der Waals surface area (Å²) in [6, 6.07) is 11.0. The van der Waals surface area contributed by atoms with E-state index >= 15 is 0 Å². The van der Waals surface area contributed by atoms with Gasteiger partial charge in [-0.3, -0.25) is 14.9 Å². The summed E-state index contributed by atoms with van der Waals surface area (Å²) < 4.78 is 1.88. The molecule has 7 nitrogen and oxygen atoms in total. The minimum atomic E-state index is -0.219. The van der Waals surface area contributed by atoms with Crippen molar-refractivity contribution in [1.82, 2.24) is 14.8 Å². The van der Waals surface area contributed by atoms with Gasteiger partial charge in [0.05, 0.1) is 24.4 Å². The van der Waals surface area contributed by atoms with E-state index in [2.05, 4.69) is 27.6 Å². The molecule has 1 fully saturated rings. The molecule has 4 rings (SSSR count). The van der Waals surface area contributed by atoms with E-state index in [0.29, 0.717) is 28.1 Å². The van der Waals surface area contributed by atoms with Crippen LogP contribution in [0.3, 0.4) is 0 Å². The molecule has 0 saturated heterocycles. The molecule has 1 saturated carbocycles.